The molecule has 2 aromatic rings. The van der Waals surface area contributed by atoms with E-state index in [2.05, 4.69) is 4.98 Å². The van der Waals surface area contributed by atoms with Gasteiger partial charge in [0.1, 0.15) is 11.2 Å². The van der Waals surface area contributed by atoms with Crippen LogP contribution in [0.15, 0.2) is 30.3 Å². The van der Waals surface area contributed by atoms with Crippen LogP contribution in [0.3, 0.4) is 0 Å². The summed E-state index contributed by atoms with van der Waals surface area (Å²) >= 11 is 6.00. The topological polar surface area (TPSA) is 76.3 Å². The van der Waals surface area contributed by atoms with Crippen molar-refractivity contribution in [3.63, 3.8) is 0 Å². The summed E-state index contributed by atoms with van der Waals surface area (Å²) in [5.74, 6) is -0.692. The van der Waals surface area contributed by atoms with Gasteiger partial charge in [-0.15, -0.1) is 0 Å². The number of benzene rings is 1. The van der Waals surface area contributed by atoms with Gasteiger partial charge in [0.25, 0.3) is 5.91 Å². The van der Waals surface area contributed by atoms with Gasteiger partial charge in [-0.2, -0.15) is 0 Å². The van der Waals surface area contributed by atoms with E-state index in [1.54, 1.807) is 12.1 Å². The number of para-hydroxylation sites is 1. The maximum Gasteiger partial charge on any atom is 0.255 e. The molecule has 0 aliphatic carbocycles. The van der Waals surface area contributed by atoms with Crippen molar-refractivity contribution in [1.82, 2.24) is 9.88 Å². The lowest BCUT2D eigenvalue weighted by Gasteiger charge is -2.22. The third-order valence-corrected chi connectivity index (χ3v) is 3.95. The van der Waals surface area contributed by atoms with Gasteiger partial charge in [0, 0.05) is 11.9 Å². The fourth-order valence-electron chi connectivity index (χ4n) is 2.78. The molecule has 21 heavy (non-hydrogen) atoms. The van der Waals surface area contributed by atoms with Crippen LogP contribution in [0.2, 0.25) is 5.15 Å². The SMILES string of the molecule is NC(=O)C1CCCN1C(=O)c1cc(Cl)nc2ccccc12. The number of halogens is 1. The normalized spacial score (nSPS) is 18.1. The molecule has 108 valence electrons. The van der Waals surface area contributed by atoms with Gasteiger partial charge < -0.3 is 10.6 Å². The summed E-state index contributed by atoms with van der Waals surface area (Å²) in [5.41, 5.74) is 6.49. The fraction of sp³-hybridized carbons (Fsp3) is 0.267. The first-order valence-electron chi connectivity index (χ1n) is 6.73. The molecule has 2 heterocycles. The zero-order chi connectivity index (χ0) is 15.0. The van der Waals surface area contributed by atoms with Crippen molar-refractivity contribution in [3.8, 4) is 0 Å². The van der Waals surface area contributed by atoms with Crippen LogP contribution in [0.5, 0.6) is 0 Å². The van der Waals surface area contributed by atoms with Gasteiger partial charge in [0.15, 0.2) is 0 Å². The second-order valence-corrected chi connectivity index (χ2v) is 5.46. The number of carbonyl (C=O) groups is 2. The van der Waals surface area contributed by atoms with E-state index < -0.39 is 11.9 Å². The van der Waals surface area contributed by atoms with Crippen molar-refractivity contribution in [1.29, 1.82) is 0 Å². The van der Waals surface area contributed by atoms with Crippen LogP contribution in [0.1, 0.15) is 23.2 Å². The number of nitrogens with zero attached hydrogens (tertiary/aromatic N) is 2. The van der Waals surface area contributed by atoms with Gasteiger partial charge in [-0.3, -0.25) is 9.59 Å². The number of hydrogen-bond donors (Lipinski definition) is 1. The van der Waals surface area contributed by atoms with Crippen LogP contribution in [0, 0.1) is 0 Å². The molecule has 2 N–H and O–H groups in total. The molecule has 2 amide bonds. The quantitative estimate of drug-likeness (QED) is 0.862. The standard InChI is InChI=1S/C15H14ClN3O2/c16-13-8-10(9-4-1-2-5-11(9)18-13)15(21)19-7-3-6-12(19)14(17)20/h1-2,4-5,8,12H,3,6-7H2,(H2,17,20). The highest BCUT2D eigenvalue weighted by molar-refractivity contribution is 6.30. The Bertz CT molecular complexity index is 732. The Morgan fingerprint density at radius 3 is 2.86 bits per heavy atom. The Hall–Kier alpha value is -2.14. The molecule has 1 aromatic carbocycles. The van der Waals surface area contributed by atoms with E-state index in [9.17, 15) is 9.59 Å². The molecule has 1 aliphatic rings. The Morgan fingerprint density at radius 1 is 1.33 bits per heavy atom. The van der Waals surface area contributed by atoms with Crippen molar-refractivity contribution < 1.29 is 9.59 Å². The number of rotatable bonds is 2. The van der Waals surface area contributed by atoms with Crippen molar-refractivity contribution in [2.45, 2.75) is 18.9 Å². The molecule has 6 heteroatoms. The first-order chi connectivity index (χ1) is 10.1. The van der Waals surface area contributed by atoms with Crippen LogP contribution in [-0.2, 0) is 4.79 Å². The number of pyridine rings is 1. The molecule has 0 radical (unpaired) electrons. The van der Waals surface area contributed by atoms with E-state index >= 15 is 0 Å². The summed E-state index contributed by atoms with van der Waals surface area (Å²) in [6, 6.07) is 8.30. The number of carbonyl (C=O) groups excluding carboxylic acids is 2. The molecule has 1 saturated heterocycles. The average Bonchev–Trinajstić information content (AvgIpc) is 2.95. The number of nitrogens with two attached hydrogens (primary N) is 1. The fourth-order valence-corrected chi connectivity index (χ4v) is 2.98. The number of likely N-dealkylation sites (tertiary alicyclic amines) is 1. The van der Waals surface area contributed by atoms with Crippen molar-refractivity contribution in [2.75, 3.05) is 6.54 Å². The molecule has 1 aromatic heterocycles. The minimum absolute atomic E-state index is 0.225. The Morgan fingerprint density at radius 2 is 2.10 bits per heavy atom. The number of hydrogen-bond acceptors (Lipinski definition) is 3. The molecule has 1 atom stereocenters. The number of primary amides is 1. The molecule has 1 unspecified atom stereocenters. The summed E-state index contributed by atoms with van der Waals surface area (Å²) in [6.07, 6.45) is 1.38. The molecule has 0 spiro atoms. The van der Waals surface area contributed by atoms with Gasteiger partial charge in [-0.25, -0.2) is 4.98 Å². The van der Waals surface area contributed by atoms with Gasteiger partial charge in [-0.05, 0) is 25.0 Å². The minimum Gasteiger partial charge on any atom is -0.368 e. The molecular weight excluding hydrogens is 290 g/mol. The van der Waals surface area contributed by atoms with Crippen molar-refractivity contribution in [3.05, 3.63) is 41.0 Å². The summed E-state index contributed by atoms with van der Waals surface area (Å²) in [4.78, 5) is 30.0. The molecule has 1 fully saturated rings. The van der Waals surface area contributed by atoms with Crippen molar-refractivity contribution >= 4 is 34.3 Å². The second kappa shape index (κ2) is 5.33. The molecular formula is C15H14ClN3O2. The maximum atomic E-state index is 12.8. The van der Waals surface area contributed by atoms with Gasteiger partial charge in [0.2, 0.25) is 5.91 Å². The second-order valence-electron chi connectivity index (χ2n) is 5.07. The van der Waals surface area contributed by atoms with Crippen LogP contribution in [0.25, 0.3) is 10.9 Å². The zero-order valence-corrected chi connectivity index (χ0v) is 12.0. The van der Waals surface area contributed by atoms with Crippen molar-refractivity contribution in [2.24, 2.45) is 5.73 Å². The highest BCUT2D eigenvalue weighted by atomic mass is 35.5. The minimum atomic E-state index is -0.539. The Labute approximate surface area is 126 Å². The van der Waals surface area contributed by atoms with Gasteiger partial charge in [0.05, 0.1) is 11.1 Å². The highest BCUT2D eigenvalue weighted by Gasteiger charge is 2.33. The van der Waals surface area contributed by atoms with E-state index in [4.69, 9.17) is 17.3 Å². The van der Waals surface area contributed by atoms with E-state index in [1.807, 2.05) is 18.2 Å². The summed E-state index contributed by atoms with van der Waals surface area (Å²) in [7, 11) is 0. The lowest BCUT2D eigenvalue weighted by atomic mass is 10.1. The number of fused-ring (bicyclic) bond motifs is 1. The van der Waals surface area contributed by atoms with Crippen LogP contribution < -0.4 is 5.73 Å². The lowest BCUT2D eigenvalue weighted by Crippen LogP contribution is -2.43. The Balaban J connectivity index is 2.07. The van der Waals surface area contributed by atoms with Gasteiger partial charge in [-0.1, -0.05) is 29.8 Å². The third-order valence-electron chi connectivity index (χ3n) is 3.76. The predicted molar refractivity (Wildman–Crippen MR) is 80.0 cm³/mol. The molecule has 5 nitrogen and oxygen atoms in total. The summed E-state index contributed by atoms with van der Waals surface area (Å²) in [6.45, 7) is 0.528. The Kier molecular flexibility index (Phi) is 3.51. The third kappa shape index (κ3) is 2.45. The van der Waals surface area contributed by atoms with E-state index in [1.165, 1.54) is 4.90 Å². The lowest BCUT2D eigenvalue weighted by molar-refractivity contribution is -0.121. The summed E-state index contributed by atoms with van der Waals surface area (Å²) in [5, 5.41) is 0.980. The van der Waals surface area contributed by atoms with Crippen LogP contribution in [-0.4, -0.2) is 34.3 Å². The average molecular weight is 304 g/mol. The first kappa shape index (κ1) is 13.8. The molecule has 1 aliphatic heterocycles. The maximum absolute atomic E-state index is 12.8. The molecule has 3 rings (SSSR count). The largest absolute Gasteiger partial charge is 0.368 e. The number of amides is 2. The van der Waals surface area contributed by atoms with Crippen LogP contribution in [0.4, 0.5) is 0 Å². The van der Waals surface area contributed by atoms with Crippen LogP contribution >= 0.6 is 11.6 Å². The van der Waals surface area contributed by atoms with E-state index in [0.29, 0.717) is 24.0 Å². The smallest absolute Gasteiger partial charge is 0.255 e. The molecule has 0 saturated carbocycles. The predicted octanol–water partition coefficient (Wildman–Crippen LogP) is 1.98. The monoisotopic (exact) mass is 303 g/mol. The van der Waals surface area contributed by atoms with E-state index in [0.717, 1.165) is 11.8 Å². The van der Waals surface area contributed by atoms with Gasteiger partial charge >= 0.3 is 0 Å². The zero-order valence-electron chi connectivity index (χ0n) is 11.3. The van der Waals surface area contributed by atoms with E-state index in [-0.39, 0.29) is 11.1 Å². The summed E-state index contributed by atoms with van der Waals surface area (Å²) < 4.78 is 0. The highest BCUT2D eigenvalue weighted by Crippen LogP contribution is 2.26. The first-order valence-corrected chi connectivity index (χ1v) is 7.11. The molecule has 0 bridgehead atoms. The number of aromatic nitrogens is 1.